The minimum atomic E-state index is -0.543. The van der Waals surface area contributed by atoms with E-state index in [1.165, 1.54) is 6.07 Å². The molecule has 0 radical (unpaired) electrons. The summed E-state index contributed by atoms with van der Waals surface area (Å²) in [4.78, 5) is 0. The molecule has 78 valence electrons. The Morgan fingerprint density at radius 3 is 2.73 bits per heavy atom. The fourth-order valence-electron chi connectivity index (χ4n) is 1.20. The maximum Gasteiger partial charge on any atom is 0.170 e. The zero-order chi connectivity index (χ0) is 10.8. The minimum Gasteiger partial charge on any atom is -0.356 e. The molecule has 1 aromatic heterocycles. The van der Waals surface area contributed by atoms with E-state index in [9.17, 15) is 8.78 Å². The van der Waals surface area contributed by atoms with Gasteiger partial charge in [-0.15, -0.1) is 0 Å². The van der Waals surface area contributed by atoms with E-state index >= 15 is 0 Å². The molecule has 0 aliphatic heterocycles. The van der Waals surface area contributed by atoms with Gasteiger partial charge in [-0.1, -0.05) is 5.16 Å². The monoisotopic (exact) mass is 227 g/mol. The van der Waals surface area contributed by atoms with Crippen LogP contribution in [0.1, 0.15) is 5.69 Å². The van der Waals surface area contributed by atoms with E-state index in [1.807, 2.05) is 0 Å². The van der Waals surface area contributed by atoms with Crippen LogP contribution >= 0.6 is 12.6 Å². The van der Waals surface area contributed by atoms with Crippen LogP contribution in [0.5, 0.6) is 0 Å². The Bertz CT molecular complexity index is 484. The zero-order valence-corrected chi connectivity index (χ0v) is 8.47. The molecule has 2 aromatic rings. The van der Waals surface area contributed by atoms with Gasteiger partial charge in [0.25, 0.3) is 0 Å². The third kappa shape index (κ3) is 2.02. The van der Waals surface area contributed by atoms with Gasteiger partial charge in [0, 0.05) is 11.8 Å². The van der Waals surface area contributed by atoms with Crippen molar-refractivity contribution in [3.8, 4) is 11.3 Å². The summed E-state index contributed by atoms with van der Waals surface area (Å²) in [6.07, 6.45) is 0. The number of benzene rings is 1. The van der Waals surface area contributed by atoms with Gasteiger partial charge in [-0.3, -0.25) is 0 Å². The quantitative estimate of drug-likeness (QED) is 0.798. The average molecular weight is 227 g/mol. The highest BCUT2D eigenvalue weighted by atomic mass is 32.1. The molecule has 0 unspecified atom stereocenters. The summed E-state index contributed by atoms with van der Waals surface area (Å²) in [6.45, 7) is 0. The van der Waals surface area contributed by atoms with E-state index in [4.69, 9.17) is 4.52 Å². The van der Waals surface area contributed by atoms with Crippen molar-refractivity contribution in [1.29, 1.82) is 0 Å². The third-order valence-electron chi connectivity index (χ3n) is 1.91. The van der Waals surface area contributed by atoms with Gasteiger partial charge in [0.2, 0.25) is 0 Å². The molecule has 1 aromatic carbocycles. The molecule has 5 heteroatoms. The van der Waals surface area contributed by atoms with E-state index in [0.717, 1.165) is 18.2 Å². The number of nitrogens with zero attached hydrogens (tertiary/aromatic N) is 1. The van der Waals surface area contributed by atoms with Crippen molar-refractivity contribution >= 4 is 12.6 Å². The van der Waals surface area contributed by atoms with Gasteiger partial charge < -0.3 is 4.52 Å². The lowest BCUT2D eigenvalue weighted by atomic mass is 10.1. The maximum absolute atomic E-state index is 13.3. The van der Waals surface area contributed by atoms with Crippen molar-refractivity contribution < 1.29 is 13.3 Å². The Balaban J connectivity index is 2.48. The molecule has 0 N–H and O–H groups in total. The van der Waals surface area contributed by atoms with Crippen molar-refractivity contribution in [2.24, 2.45) is 0 Å². The van der Waals surface area contributed by atoms with Gasteiger partial charge in [0.15, 0.2) is 5.76 Å². The Morgan fingerprint density at radius 1 is 1.27 bits per heavy atom. The Kier molecular flexibility index (Phi) is 2.73. The van der Waals surface area contributed by atoms with E-state index in [-0.39, 0.29) is 11.3 Å². The summed E-state index contributed by atoms with van der Waals surface area (Å²) in [5.41, 5.74) is 0.646. The summed E-state index contributed by atoms with van der Waals surface area (Å²) in [7, 11) is 0. The smallest absolute Gasteiger partial charge is 0.170 e. The van der Waals surface area contributed by atoms with Crippen molar-refractivity contribution in [1.82, 2.24) is 5.16 Å². The molecular weight excluding hydrogens is 220 g/mol. The van der Waals surface area contributed by atoms with Crippen molar-refractivity contribution in [3.05, 3.63) is 41.6 Å². The Morgan fingerprint density at radius 2 is 2.07 bits per heavy atom. The van der Waals surface area contributed by atoms with Crippen LogP contribution in [-0.2, 0) is 5.75 Å². The van der Waals surface area contributed by atoms with E-state index < -0.39 is 11.6 Å². The highest BCUT2D eigenvalue weighted by Gasteiger charge is 2.11. The molecule has 0 atom stereocenters. The zero-order valence-electron chi connectivity index (χ0n) is 7.58. The minimum absolute atomic E-state index is 0.0653. The Labute approximate surface area is 90.3 Å². The van der Waals surface area contributed by atoms with Crippen LogP contribution in [0.4, 0.5) is 8.78 Å². The van der Waals surface area contributed by atoms with Crippen LogP contribution in [0.25, 0.3) is 11.3 Å². The first-order valence-electron chi connectivity index (χ1n) is 4.22. The molecule has 2 rings (SSSR count). The highest BCUT2D eigenvalue weighted by molar-refractivity contribution is 7.79. The average Bonchev–Trinajstić information content (AvgIpc) is 2.70. The van der Waals surface area contributed by atoms with Crippen LogP contribution in [0.3, 0.4) is 0 Å². The molecule has 0 bridgehead atoms. The molecule has 0 saturated heterocycles. The highest BCUT2D eigenvalue weighted by Crippen LogP contribution is 2.24. The first-order valence-corrected chi connectivity index (χ1v) is 4.86. The lowest BCUT2D eigenvalue weighted by molar-refractivity contribution is 0.424. The second-order valence-electron chi connectivity index (χ2n) is 2.96. The molecule has 0 saturated carbocycles. The van der Waals surface area contributed by atoms with Gasteiger partial charge in [0.1, 0.15) is 11.6 Å². The van der Waals surface area contributed by atoms with Crippen LogP contribution in [0.2, 0.25) is 0 Å². The lowest BCUT2D eigenvalue weighted by Crippen LogP contribution is -1.84. The first kappa shape index (κ1) is 10.2. The van der Waals surface area contributed by atoms with E-state index in [1.54, 1.807) is 0 Å². The van der Waals surface area contributed by atoms with Crippen molar-refractivity contribution in [3.63, 3.8) is 0 Å². The molecule has 2 nitrogen and oxygen atoms in total. The van der Waals surface area contributed by atoms with Gasteiger partial charge in [-0.25, -0.2) is 8.78 Å². The molecular formula is C10H7F2NOS. The number of rotatable bonds is 2. The molecule has 0 fully saturated rings. The number of hydrogen-bond donors (Lipinski definition) is 1. The number of halogens is 2. The molecule has 15 heavy (non-hydrogen) atoms. The molecule has 0 aliphatic carbocycles. The van der Waals surface area contributed by atoms with Crippen LogP contribution in [0.15, 0.2) is 28.8 Å². The van der Waals surface area contributed by atoms with Crippen LogP contribution < -0.4 is 0 Å². The number of aromatic nitrogens is 1. The predicted octanol–water partition coefficient (Wildman–Crippen LogP) is 3.05. The SMILES string of the molecule is Fc1ccc(F)c(-c2cc(CS)no2)c1. The van der Waals surface area contributed by atoms with Crippen LogP contribution in [-0.4, -0.2) is 5.16 Å². The Hall–Kier alpha value is -1.36. The number of hydrogen-bond acceptors (Lipinski definition) is 3. The molecule has 0 aliphatic rings. The normalized spacial score (nSPS) is 10.6. The second-order valence-corrected chi connectivity index (χ2v) is 3.28. The summed E-state index contributed by atoms with van der Waals surface area (Å²) < 4.78 is 31.0. The van der Waals surface area contributed by atoms with Gasteiger partial charge >= 0.3 is 0 Å². The van der Waals surface area contributed by atoms with Crippen molar-refractivity contribution in [2.75, 3.05) is 0 Å². The van der Waals surface area contributed by atoms with Gasteiger partial charge in [0.05, 0.1) is 11.3 Å². The summed E-state index contributed by atoms with van der Waals surface area (Å²) >= 11 is 3.99. The molecule has 0 spiro atoms. The number of thiol groups is 1. The summed E-state index contributed by atoms with van der Waals surface area (Å²) in [5.74, 6) is -0.468. The first-order chi connectivity index (χ1) is 7.20. The van der Waals surface area contributed by atoms with Crippen molar-refractivity contribution in [2.45, 2.75) is 5.75 Å². The fraction of sp³-hybridized carbons (Fsp3) is 0.100. The lowest BCUT2D eigenvalue weighted by Gasteiger charge is -1.97. The molecule has 1 heterocycles. The fourth-order valence-corrected chi connectivity index (χ4v) is 1.35. The second kappa shape index (κ2) is 4.02. The van der Waals surface area contributed by atoms with E-state index in [2.05, 4.69) is 17.8 Å². The summed E-state index contributed by atoms with van der Waals surface area (Å²) in [5, 5.41) is 3.64. The summed E-state index contributed by atoms with van der Waals surface area (Å²) in [6, 6.07) is 4.70. The maximum atomic E-state index is 13.3. The standard InChI is InChI=1S/C10H7F2NOS/c11-6-1-2-9(12)8(3-6)10-4-7(5-15)13-14-10/h1-4,15H,5H2. The van der Waals surface area contributed by atoms with Crippen LogP contribution in [0, 0.1) is 11.6 Å². The van der Waals surface area contributed by atoms with Gasteiger partial charge in [-0.05, 0) is 18.2 Å². The third-order valence-corrected chi connectivity index (χ3v) is 2.24. The predicted molar refractivity (Wildman–Crippen MR) is 54.5 cm³/mol. The topological polar surface area (TPSA) is 26.0 Å². The molecule has 0 amide bonds. The van der Waals surface area contributed by atoms with E-state index in [0.29, 0.717) is 11.4 Å². The van der Waals surface area contributed by atoms with Gasteiger partial charge in [-0.2, -0.15) is 12.6 Å². The largest absolute Gasteiger partial charge is 0.356 e.